The van der Waals surface area contributed by atoms with Gasteiger partial charge in [0.15, 0.2) is 0 Å². The first kappa shape index (κ1) is 12.8. The van der Waals surface area contributed by atoms with E-state index in [-0.39, 0.29) is 30.6 Å². The minimum atomic E-state index is -0.933. The molecule has 5 nitrogen and oxygen atoms in total. The second-order valence-electron chi connectivity index (χ2n) is 5.14. The fraction of sp³-hybridized carbons (Fsp3) is 0.917. The molecular weight excluding hydrogens is 222 g/mol. The number of nitrogens with one attached hydrogen (secondary N) is 1. The molecular formula is C12H21NO4. The molecule has 0 aromatic carbocycles. The fourth-order valence-electron chi connectivity index (χ4n) is 2.37. The van der Waals surface area contributed by atoms with Crippen LogP contribution in [0.3, 0.4) is 0 Å². The van der Waals surface area contributed by atoms with E-state index < -0.39 is 5.60 Å². The quantitative estimate of drug-likeness (QED) is 0.736. The predicted octanol–water partition coefficient (Wildman–Crippen LogP) is 0.0675. The van der Waals surface area contributed by atoms with Crippen molar-refractivity contribution >= 4 is 5.91 Å². The summed E-state index contributed by atoms with van der Waals surface area (Å²) < 4.78 is 10.7. The van der Waals surface area contributed by atoms with Crippen LogP contribution in [0.15, 0.2) is 0 Å². The molecule has 0 radical (unpaired) electrons. The van der Waals surface area contributed by atoms with Crippen molar-refractivity contribution in [2.45, 2.75) is 44.5 Å². The Hall–Kier alpha value is -0.650. The number of ether oxygens (including phenoxy) is 2. The van der Waals surface area contributed by atoms with E-state index >= 15 is 0 Å². The summed E-state index contributed by atoms with van der Waals surface area (Å²) in [4.78, 5) is 11.9. The van der Waals surface area contributed by atoms with Crippen LogP contribution in [0.5, 0.6) is 0 Å². The highest BCUT2D eigenvalue weighted by atomic mass is 16.5. The van der Waals surface area contributed by atoms with Crippen molar-refractivity contribution in [2.75, 3.05) is 19.8 Å². The van der Waals surface area contributed by atoms with Crippen molar-refractivity contribution in [2.24, 2.45) is 5.92 Å². The van der Waals surface area contributed by atoms with E-state index in [0.29, 0.717) is 19.6 Å². The lowest BCUT2D eigenvalue weighted by Crippen LogP contribution is -2.50. The molecule has 2 saturated heterocycles. The van der Waals surface area contributed by atoms with Gasteiger partial charge in [0.1, 0.15) is 11.7 Å². The topological polar surface area (TPSA) is 67.8 Å². The first-order valence-corrected chi connectivity index (χ1v) is 6.26. The Bertz CT molecular complexity index is 296. The summed E-state index contributed by atoms with van der Waals surface area (Å²) in [6.07, 6.45) is 0.887. The highest BCUT2D eigenvalue weighted by molar-refractivity contribution is 5.81. The van der Waals surface area contributed by atoms with Crippen molar-refractivity contribution in [3.63, 3.8) is 0 Å². The predicted molar refractivity (Wildman–Crippen MR) is 61.5 cm³/mol. The maximum absolute atomic E-state index is 11.9. The first-order chi connectivity index (χ1) is 8.03. The summed E-state index contributed by atoms with van der Waals surface area (Å²) in [5, 5.41) is 13.0. The molecule has 2 aliphatic rings. The first-order valence-electron chi connectivity index (χ1n) is 6.26. The SMILES string of the molecule is CC1CCOC1C(=O)NCC1(O)CCOC1C. The van der Waals surface area contributed by atoms with E-state index in [2.05, 4.69) is 5.32 Å². The Morgan fingerprint density at radius 3 is 2.71 bits per heavy atom. The molecule has 0 aliphatic carbocycles. The van der Waals surface area contributed by atoms with Gasteiger partial charge in [0, 0.05) is 26.2 Å². The molecule has 4 atom stereocenters. The molecule has 0 aromatic heterocycles. The van der Waals surface area contributed by atoms with Gasteiger partial charge in [-0.15, -0.1) is 0 Å². The van der Waals surface area contributed by atoms with E-state index in [4.69, 9.17) is 9.47 Å². The normalized spacial score (nSPS) is 41.7. The number of aliphatic hydroxyl groups is 1. The summed E-state index contributed by atoms with van der Waals surface area (Å²) >= 11 is 0. The molecule has 5 heteroatoms. The maximum Gasteiger partial charge on any atom is 0.249 e. The zero-order valence-corrected chi connectivity index (χ0v) is 10.4. The molecule has 2 aliphatic heterocycles. The van der Waals surface area contributed by atoms with Crippen LogP contribution >= 0.6 is 0 Å². The summed E-state index contributed by atoms with van der Waals surface area (Å²) in [5.74, 6) is 0.129. The van der Waals surface area contributed by atoms with Crippen LogP contribution in [-0.2, 0) is 14.3 Å². The molecule has 17 heavy (non-hydrogen) atoms. The molecule has 4 unspecified atom stereocenters. The molecule has 2 heterocycles. The average molecular weight is 243 g/mol. The molecule has 0 saturated carbocycles. The van der Waals surface area contributed by atoms with Gasteiger partial charge in [-0.05, 0) is 19.3 Å². The van der Waals surface area contributed by atoms with Crippen LogP contribution in [0.1, 0.15) is 26.7 Å². The van der Waals surface area contributed by atoms with Gasteiger partial charge in [0.2, 0.25) is 5.91 Å². The van der Waals surface area contributed by atoms with E-state index in [0.717, 1.165) is 6.42 Å². The van der Waals surface area contributed by atoms with E-state index in [1.807, 2.05) is 13.8 Å². The molecule has 2 rings (SSSR count). The molecule has 0 aromatic rings. The second kappa shape index (κ2) is 4.92. The molecule has 0 spiro atoms. The molecule has 2 fully saturated rings. The van der Waals surface area contributed by atoms with Crippen molar-refractivity contribution in [1.29, 1.82) is 0 Å². The standard InChI is InChI=1S/C12H21NO4/c1-8-3-5-17-10(8)11(14)13-7-12(15)4-6-16-9(12)2/h8-10,15H,3-7H2,1-2H3,(H,13,14). The largest absolute Gasteiger partial charge is 0.385 e. The number of amides is 1. The molecule has 2 N–H and O–H groups in total. The molecule has 98 valence electrons. The number of rotatable bonds is 3. The Balaban J connectivity index is 1.83. The van der Waals surface area contributed by atoms with Crippen LogP contribution < -0.4 is 5.32 Å². The highest BCUT2D eigenvalue weighted by Crippen LogP contribution is 2.25. The lowest BCUT2D eigenvalue weighted by Gasteiger charge is -2.27. The van der Waals surface area contributed by atoms with Gasteiger partial charge in [-0.3, -0.25) is 4.79 Å². The van der Waals surface area contributed by atoms with Gasteiger partial charge in [0.25, 0.3) is 0 Å². The number of hydrogen-bond donors (Lipinski definition) is 2. The third-order valence-electron chi connectivity index (χ3n) is 3.87. The van der Waals surface area contributed by atoms with E-state index in [1.165, 1.54) is 0 Å². The van der Waals surface area contributed by atoms with Crippen LogP contribution in [-0.4, -0.2) is 48.6 Å². The van der Waals surface area contributed by atoms with Gasteiger partial charge < -0.3 is 19.9 Å². The van der Waals surface area contributed by atoms with Crippen molar-refractivity contribution in [1.82, 2.24) is 5.32 Å². The highest BCUT2D eigenvalue weighted by Gasteiger charge is 2.40. The van der Waals surface area contributed by atoms with Crippen molar-refractivity contribution in [3.8, 4) is 0 Å². The number of carbonyl (C=O) groups is 1. The third-order valence-corrected chi connectivity index (χ3v) is 3.87. The lowest BCUT2D eigenvalue weighted by atomic mass is 9.96. The fourth-order valence-corrected chi connectivity index (χ4v) is 2.37. The minimum absolute atomic E-state index is 0.123. The van der Waals surface area contributed by atoms with Crippen molar-refractivity contribution < 1.29 is 19.4 Å². The zero-order chi connectivity index (χ0) is 12.5. The summed E-state index contributed by atoms with van der Waals surface area (Å²) in [6.45, 7) is 5.26. The Morgan fingerprint density at radius 2 is 2.18 bits per heavy atom. The smallest absolute Gasteiger partial charge is 0.249 e. The zero-order valence-electron chi connectivity index (χ0n) is 10.4. The van der Waals surface area contributed by atoms with Crippen LogP contribution in [0.25, 0.3) is 0 Å². The Labute approximate surface area is 101 Å². The van der Waals surface area contributed by atoms with E-state index in [1.54, 1.807) is 0 Å². The van der Waals surface area contributed by atoms with Gasteiger partial charge >= 0.3 is 0 Å². The van der Waals surface area contributed by atoms with E-state index in [9.17, 15) is 9.90 Å². The van der Waals surface area contributed by atoms with Gasteiger partial charge in [-0.25, -0.2) is 0 Å². The minimum Gasteiger partial charge on any atom is -0.385 e. The maximum atomic E-state index is 11.9. The Morgan fingerprint density at radius 1 is 1.41 bits per heavy atom. The monoisotopic (exact) mass is 243 g/mol. The lowest BCUT2D eigenvalue weighted by molar-refractivity contribution is -0.133. The number of hydrogen-bond acceptors (Lipinski definition) is 4. The van der Waals surface area contributed by atoms with Crippen molar-refractivity contribution in [3.05, 3.63) is 0 Å². The molecule has 1 amide bonds. The number of carbonyl (C=O) groups excluding carboxylic acids is 1. The Kier molecular flexibility index (Phi) is 3.70. The van der Waals surface area contributed by atoms with Crippen LogP contribution in [0.4, 0.5) is 0 Å². The second-order valence-corrected chi connectivity index (χ2v) is 5.14. The van der Waals surface area contributed by atoms with Gasteiger partial charge in [-0.1, -0.05) is 6.92 Å². The van der Waals surface area contributed by atoms with Gasteiger partial charge in [-0.2, -0.15) is 0 Å². The molecule has 0 bridgehead atoms. The summed E-state index contributed by atoms with van der Waals surface area (Å²) in [7, 11) is 0. The van der Waals surface area contributed by atoms with Crippen LogP contribution in [0.2, 0.25) is 0 Å². The van der Waals surface area contributed by atoms with Crippen LogP contribution in [0, 0.1) is 5.92 Å². The summed E-state index contributed by atoms with van der Waals surface area (Å²) in [5.41, 5.74) is -0.933. The average Bonchev–Trinajstić information content (AvgIpc) is 2.84. The third kappa shape index (κ3) is 2.61. The summed E-state index contributed by atoms with van der Waals surface area (Å²) in [6, 6.07) is 0. The van der Waals surface area contributed by atoms with Gasteiger partial charge in [0.05, 0.1) is 6.10 Å².